The summed E-state index contributed by atoms with van der Waals surface area (Å²) >= 11 is 0. The van der Waals surface area contributed by atoms with E-state index in [1.807, 2.05) is 45.2 Å². The predicted octanol–water partition coefficient (Wildman–Crippen LogP) is 4.63. The molecule has 0 fully saturated rings. The van der Waals surface area contributed by atoms with Crippen molar-refractivity contribution in [2.45, 2.75) is 27.7 Å². The first-order valence-corrected chi connectivity index (χ1v) is 7.18. The van der Waals surface area contributed by atoms with Crippen LogP contribution in [0.25, 0.3) is 10.9 Å². The molecule has 0 unspecified atom stereocenters. The first-order chi connectivity index (χ1) is 9.99. The van der Waals surface area contributed by atoms with Crippen LogP contribution >= 0.6 is 0 Å². The molecule has 0 saturated heterocycles. The molecule has 21 heavy (non-hydrogen) atoms. The fraction of sp³-hybridized carbons (Fsp3) is 0.211. The van der Waals surface area contributed by atoms with Gasteiger partial charge in [0.15, 0.2) is 5.78 Å². The van der Waals surface area contributed by atoms with Gasteiger partial charge in [-0.25, -0.2) is 0 Å². The molecule has 0 spiro atoms. The Hall–Kier alpha value is -2.35. The average Bonchev–Trinajstić information content (AvgIpc) is 2.82. The van der Waals surface area contributed by atoms with Gasteiger partial charge in [0.1, 0.15) is 0 Å². The molecule has 0 aliphatic carbocycles. The summed E-state index contributed by atoms with van der Waals surface area (Å²) in [4.78, 5) is 16.2. The molecule has 0 radical (unpaired) electrons. The van der Waals surface area contributed by atoms with Crippen molar-refractivity contribution < 1.29 is 4.79 Å². The van der Waals surface area contributed by atoms with Crippen molar-refractivity contribution in [2.24, 2.45) is 0 Å². The van der Waals surface area contributed by atoms with E-state index in [0.29, 0.717) is 0 Å². The van der Waals surface area contributed by atoms with Gasteiger partial charge < -0.3 is 4.98 Å². The number of H-pyrrole nitrogens is 1. The highest BCUT2D eigenvalue weighted by atomic mass is 16.1. The van der Waals surface area contributed by atoms with E-state index in [1.54, 1.807) is 0 Å². The number of aryl methyl sites for hydroxylation is 4. The number of fused-ring (bicyclic) bond motifs is 1. The average molecular weight is 277 g/mol. The Morgan fingerprint density at radius 1 is 0.952 bits per heavy atom. The van der Waals surface area contributed by atoms with Crippen LogP contribution in [0.15, 0.2) is 36.5 Å². The van der Waals surface area contributed by atoms with Crippen molar-refractivity contribution in [3.8, 4) is 0 Å². The number of hydrogen-bond acceptors (Lipinski definition) is 1. The minimum absolute atomic E-state index is 0.102. The zero-order chi connectivity index (χ0) is 15.1. The van der Waals surface area contributed by atoms with Crippen LogP contribution in [0.1, 0.15) is 38.2 Å². The third-order valence-electron chi connectivity index (χ3n) is 4.06. The number of rotatable bonds is 2. The molecule has 0 aliphatic rings. The highest BCUT2D eigenvalue weighted by Crippen LogP contribution is 2.27. The van der Waals surface area contributed by atoms with Gasteiger partial charge in [0.05, 0.1) is 0 Å². The lowest BCUT2D eigenvalue weighted by Crippen LogP contribution is -2.06. The highest BCUT2D eigenvalue weighted by molar-refractivity contribution is 6.18. The summed E-state index contributed by atoms with van der Waals surface area (Å²) in [5, 5.41) is 1.03. The maximum absolute atomic E-state index is 13.0. The fourth-order valence-corrected chi connectivity index (χ4v) is 3.22. The molecule has 2 aromatic carbocycles. The normalized spacial score (nSPS) is 11.0. The number of ketones is 1. The van der Waals surface area contributed by atoms with Crippen LogP contribution in [0.5, 0.6) is 0 Å². The number of benzene rings is 2. The monoisotopic (exact) mass is 277 g/mol. The van der Waals surface area contributed by atoms with E-state index in [9.17, 15) is 4.79 Å². The molecule has 0 saturated carbocycles. The Balaban J connectivity index is 2.23. The second-order valence-electron chi connectivity index (χ2n) is 5.80. The minimum atomic E-state index is 0.102. The molecule has 1 N–H and O–H groups in total. The SMILES string of the molecule is Cc1cc(C)c(C(=O)c2c[nH]c3cccc(C)c23)c(C)c1. The van der Waals surface area contributed by atoms with Gasteiger partial charge in [-0.15, -0.1) is 0 Å². The quantitative estimate of drug-likeness (QED) is 0.680. The maximum Gasteiger partial charge on any atom is 0.195 e. The summed E-state index contributed by atoms with van der Waals surface area (Å²) in [5.74, 6) is 0.102. The number of aromatic amines is 1. The maximum atomic E-state index is 13.0. The zero-order valence-electron chi connectivity index (χ0n) is 12.9. The van der Waals surface area contributed by atoms with E-state index >= 15 is 0 Å². The fourth-order valence-electron chi connectivity index (χ4n) is 3.22. The third-order valence-corrected chi connectivity index (χ3v) is 4.06. The lowest BCUT2D eigenvalue weighted by atomic mass is 9.92. The lowest BCUT2D eigenvalue weighted by molar-refractivity contribution is 0.103. The Morgan fingerprint density at radius 3 is 2.29 bits per heavy atom. The Morgan fingerprint density at radius 2 is 1.62 bits per heavy atom. The van der Waals surface area contributed by atoms with Gasteiger partial charge in [-0.3, -0.25) is 4.79 Å². The smallest absolute Gasteiger partial charge is 0.195 e. The van der Waals surface area contributed by atoms with E-state index in [-0.39, 0.29) is 5.78 Å². The van der Waals surface area contributed by atoms with Crippen LogP contribution in [0.3, 0.4) is 0 Å². The van der Waals surface area contributed by atoms with Crippen LogP contribution in [0, 0.1) is 27.7 Å². The standard InChI is InChI=1S/C19H19NO/c1-11-8-13(3)17(14(4)9-11)19(21)15-10-20-16-7-5-6-12(2)18(15)16/h5-10,20H,1-4H3. The molecular formula is C19H19NO. The van der Waals surface area contributed by atoms with E-state index in [1.165, 1.54) is 5.56 Å². The molecular weight excluding hydrogens is 258 g/mol. The minimum Gasteiger partial charge on any atom is -0.360 e. The molecule has 0 bridgehead atoms. The molecule has 2 heteroatoms. The summed E-state index contributed by atoms with van der Waals surface area (Å²) in [6.07, 6.45) is 1.83. The van der Waals surface area contributed by atoms with Crippen LogP contribution in [-0.4, -0.2) is 10.8 Å². The van der Waals surface area contributed by atoms with Crippen LogP contribution in [0.4, 0.5) is 0 Å². The summed E-state index contributed by atoms with van der Waals surface area (Å²) in [6.45, 7) is 8.12. The van der Waals surface area contributed by atoms with Crippen molar-refractivity contribution in [3.63, 3.8) is 0 Å². The van der Waals surface area contributed by atoms with E-state index in [2.05, 4.69) is 24.0 Å². The number of hydrogen-bond donors (Lipinski definition) is 1. The van der Waals surface area contributed by atoms with E-state index < -0.39 is 0 Å². The van der Waals surface area contributed by atoms with Crippen LogP contribution < -0.4 is 0 Å². The Bertz CT molecular complexity index is 832. The summed E-state index contributed by atoms with van der Waals surface area (Å²) < 4.78 is 0. The van der Waals surface area contributed by atoms with Crippen molar-refractivity contribution in [1.82, 2.24) is 4.98 Å². The van der Waals surface area contributed by atoms with Gasteiger partial charge in [0.2, 0.25) is 0 Å². The van der Waals surface area contributed by atoms with E-state index in [4.69, 9.17) is 0 Å². The number of carbonyl (C=O) groups excluding carboxylic acids is 1. The highest BCUT2D eigenvalue weighted by Gasteiger charge is 2.19. The zero-order valence-corrected chi connectivity index (χ0v) is 12.9. The molecule has 0 aliphatic heterocycles. The molecule has 0 atom stereocenters. The first kappa shape index (κ1) is 13.6. The number of carbonyl (C=O) groups is 1. The van der Waals surface area contributed by atoms with Crippen molar-refractivity contribution in [1.29, 1.82) is 0 Å². The van der Waals surface area contributed by atoms with Gasteiger partial charge in [-0.1, -0.05) is 29.8 Å². The number of nitrogens with one attached hydrogen (secondary N) is 1. The predicted molar refractivity (Wildman–Crippen MR) is 87.1 cm³/mol. The van der Waals surface area contributed by atoms with E-state index in [0.717, 1.165) is 38.7 Å². The molecule has 0 amide bonds. The summed E-state index contributed by atoms with van der Waals surface area (Å²) in [5.41, 5.74) is 7.00. The second-order valence-corrected chi connectivity index (χ2v) is 5.80. The molecule has 2 nitrogen and oxygen atoms in total. The van der Waals surface area contributed by atoms with Crippen molar-refractivity contribution in [3.05, 3.63) is 69.9 Å². The van der Waals surface area contributed by atoms with Gasteiger partial charge >= 0.3 is 0 Å². The van der Waals surface area contributed by atoms with Gasteiger partial charge in [0.25, 0.3) is 0 Å². The second kappa shape index (κ2) is 4.88. The lowest BCUT2D eigenvalue weighted by Gasteiger charge is -2.10. The van der Waals surface area contributed by atoms with Crippen molar-refractivity contribution in [2.75, 3.05) is 0 Å². The summed E-state index contributed by atoms with van der Waals surface area (Å²) in [6, 6.07) is 10.2. The largest absolute Gasteiger partial charge is 0.360 e. The molecule has 3 rings (SSSR count). The Kier molecular flexibility index (Phi) is 3.17. The molecule has 1 heterocycles. The van der Waals surface area contributed by atoms with Gasteiger partial charge in [0, 0.05) is 28.2 Å². The van der Waals surface area contributed by atoms with Crippen LogP contribution in [0.2, 0.25) is 0 Å². The van der Waals surface area contributed by atoms with Gasteiger partial charge in [-0.2, -0.15) is 0 Å². The van der Waals surface area contributed by atoms with Gasteiger partial charge in [-0.05, 0) is 50.5 Å². The third kappa shape index (κ3) is 2.17. The summed E-state index contributed by atoms with van der Waals surface area (Å²) in [7, 11) is 0. The molecule has 106 valence electrons. The van der Waals surface area contributed by atoms with Crippen LogP contribution in [-0.2, 0) is 0 Å². The molecule has 1 aromatic heterocycles. The molecule has 3 aromatic rings. The van der Waals surface area contributed by atoms with Crippen molar-refractivity contribution >= 4 is 16.7 Å². The number of aromatic nitrogens is 1. The first-order valence-electron chi connectivity index (χ1n) is 7.18. The Labute approximate surface area is 124 Å². The topological polar surface area (TPSA) is 32.9 Å².